The second-order valence-electron chi connectivity index (χ2n) is 5.19. The highest BCUT2D eigenvalue weighted by atomic mass is 32.2. The lowest BCUT2D eigenvalue weighted by molar-refractivity contribution is 0.477. The van der Waals surface area contributed by atoms with E-state index in [4.69, 9.17) is 0 Å². The fourth-order valence-electron chi connectivity index (χ4n) is 2.62. The molecule has 2 heterocycles. The fraction of sp³-hybridized carbons (Fsp3) is 0.400. The highest BCUT2D eigenvalue weighted by molar-refractivity contribution is 7.89. The Hall–Kier alpha value is -1.66. The lowest BCUT2D eigenvalue weighted by Crippen LogP contribution is -2.27. The van der Waals surface area contributed by atoms with Crippen molar-refractivity contribution in [3.63, 3.8) is 0 Å². The van der Waals surface area contributed by atoms with Crippen molar-refractivity contribution < 1.29 is 8.42 Å². The number of pyridine rings is 1. The molecule has 1 aromatic heterocycles. The maximum Gasteiger partial charge on any atom is 0.243 e. The van der Waals surface area contributed by atoms with Crippen LogP contribution in [0.2, 0.25) is 0 Å². The Morgan fingerprint density at radius 2 is 1.95 bits per heavy atom. The van der Waals surface area contributed by atoms with Crippen LogP contribution in [-0.4, -0.2) is 37.3 Å². The molecule has 1 N–H and O–H groups in total. The molecule has 0 amide bonds. The smallest absolute Gasteiger partial charge is 0.243 e. The molecular weight excluding hydrogens is 286 g/mol. The van der Waals surface area contributed by atoms with E-state index in [0.717, 1.165) is 36.1 Å². The van der Waals surface area contributed by atoms with E-state index in [1.807, 2.05) is 19.1 Å². The number of hydrogen-bond acceptors (Lipinski definition) is 4. The summed E-state index contributed by atoms with van der Waals surface area (Å²) in [6.45, 7) is 4.06. The SMILES string of the molecule is CCNc1ccc2cc(S(=O)(=O)N3CCCC3)ccc2n1. The second-order valence-corrected chi connectivity index (χ2v) is 7.13. The predicted molar refractivity (Wildman–Crippen MR) is 83.9 cm³/mol. The van der Waals surface area contributed by atoms with Gasteiger partial charge < -0.3 is 5.32 Å². The largest absolute Gasteiger partial charge is 0.370 e. The van der Waals surface area contributed by atoms with Crippen molar-refractivity contribution in [1.29, 1.82) is 0 Å². The van der Waals surface area contributed by atoms with E-state index in [-0.39, 0.29) is 0 Å². The van der Waals surface area contributed by atoms with E-state index in [1.54, 1.807) is 22.5 Å². The molecule has 1 saturated heterocycles. The monoisotopic (exact) mass is 305 g/mol. The Kier molecular flexibility index (Phi) is 3.82. The standard InChI is InChI=1S/C15H19N3O2S/c1-2-16-15-8-5-12-11-13(6-7-14(12)17-15)21(19,20)18-9-3-4-10-18/h5-8,11H,2-4,9-10H2,1H3,(H,16,17). The van der Waals surface area contributed by atoms with Crippen LogP contribution in [0, 0.1) is 0 Å². The Bertz CT molecular complexity index is 753. The number of aromatic nitrogens is 1. The first kappa shape index (κ1) is 14.3. The molecule has 1 aromatic carbocycles. The normalized spacial score (nSPS) is 16.4. The van der Waals surface area contributed by atoms with Gasteiger partial charge in [-0.15, -0.1) is 0 Å². The number of sulfonamides is 1. The second kappa shape index (κ2) is 5.61. The van der Waals surface area contributed by atoms with Crippen molar-refractivity contribution >= 4 is 26.7 Å². The third-order valence-corrected chi connectivity index (χ3v) is 5.62. The molecule has 21 heavy (non-hydrogen) atoms. The number of nitrogens with zero attached hydrogens (tertiary/aromatic N) is 2. The minimum atomic E-state index is -3.36. The van der Waals surface area contributed by atoms with E-state index in [9.17, 15) is 8.42 Å². The summed E-state index contributed by atoms with van der Waals surface area (Å²) in [6, 6.07) is 8.92. The molecule has 5 nitrogen and oxygen atoms in total. The molecule has 0 atom stereocenters. The third kappa shape index (κ3) is 2.73. The van der Waals surface area contributed by atoms with Gasteiger partial charge in [-0.25, -0.2) is 13.4 Å². The summed E-state index contributed by atoms with van der Waals surface area (Å²) < 4.78 is 26.6. The predicted octanol–water partition coefficient (Wildman–Crippen LogP) is 2.45. The quantitative estimate of drug-likeness (QED) is 0.942. The Balaban J connectivity index is 1.99. The maximum atomic E-state index is 12.5. The first-order chi connectivity index (χ1) is 10.1. The zero-order chi connectivity index (χ0) is 14.9. The van der Waals surface area contributed by atoms with Gasteiger partial charge in [0.1, 0.15) is 5.82 Å². The van der Waals surface area contributed by atoms with Crippen LogP contribution in [0.5, 0.6) is 0 Å². The van der Waals surface area contributed by atoms with Gasteiger partial charge in [-0.1, -0.05) is 0 Å². The summed E-state index contributed by atoms with van der Waals surface area (Å²) in [7, 11) is -3.36. The van der Waals surface area contributed by atoms with E-state index in [0.29, 0.717) is 18.0 Å². The summed E-state index contributed by atoms with van der Waals surface area (Å²) in [5, 5.41) is 4.00. The topological polar surface area (TPSA) is 62.3 Å². The van der Waals surface area contributed by atoms with Crippen molar-refractivity contribution in [3.05, 3.63) is 30.3 Å². The minimum Gasteiger partial charge on any atom is -0.370 e. The van der Waals surface area contributed by atoms with Crippen LogP contribution in [-0.2, 0) is 10.0 Å². The Morgan fingerprint density at radius 1 is 1.19 bits per heavy atom. The summed E-state index contributed by atoms with van der Waals surface area (Å²) in [4.78, 5) is 4.82. The molecule has 1 aliphatic rings. The summed E-state index contributed by atoms with van der Waals surface area (Å²) >= 11 is 0. The van der Waals surface area contributed by atoms with E-state index < -0.39 is 10.0 Å². The van der Waals surface area contributed by atoms with Gasteiger partial charge in [0.25, 0.3) is 0 Å². The Morgan fingerprint density at radius 3 is 2.67 bits per heavy atom. The van der Waals surface area contributed by atoms with E-state index in [1.165, 1.54) is 0 Å². The lowest BCUT2D eigenvalue weighted by Gasteiger charge is -2.15. The summed E-state index contributed by atoms with van der Waals surface area (Å²) in [6.07, 6.45) is 1.89. The molecule has 0 aliphatic carbocycles. The van der Waals surface area contributed by atoms with Crippen LogP contribution in [0.15, 0.2) is 35.2 Å². The molecule has 0 bridgehead atoms. The molecule has 2 aromatic rings. The Labute approximate surface area is 125 Å². The minimum absolute atomic E-state index is 0.356. The average Bonchev–Trinajstić information content (AvgIpc) is 3.02. The van der Waals surface area contributed by atoms with Crippen LogP contribution < -0.4 is 5.32 Å². The molecule has 1 aliphatic heterocycles. The van der Waals surface area contributed by atoms with Gasteiger partial charge in [0.2, 0.25) is 10.0 Å². The number of nitrogens with one attached hydrogen (secondary N) is 1. The number of fused-ring (bicyclic) bond motifs is 1. The molecule has 3 rings (SSSR count). The molecular formula is C15H19N3O2S. The maximum absolute atomic E-state index is 12.5. The van der Waals surface area contributed by atoms with Gasteiger partial charge in [0.15, 0.2) is 0 Å². The van der Waals surface area contributed by atoms with Gasteiger partial charge in [-0.05, 0) is 50.1 Å². The summed E-state index contributed by atoms with van der Waals surface area (Å²) in [5.74, 6) is 0.806. The zero-order valence-corrected chi connectivity index (χ0v) is 12.9. The number of anilines is 1. The van der Waals surface area contributed by atoms with Crippen molar-refractivity contribution in [2.24, 2.45) is 0 Å². The zero-order valence-electron chi connectivity index (χ0n) is 12.0. The number of benzene rings is 1. The average molecular weight is 305 g/mol. The van der Waals surface area contributed by atoms with Crippen LogP contribution in [0.25, 0.3) is 10.9 Å². The van der Waals surface area contributed by atoms with Gasteiger partial charge in [0, 0.05) is 25.0 Å². The van der Waals surface area contributed by atoms with Crippen LogP contribution >= 0.6 is 0 Å². The number of hydrogen-bond donors (Lipinski definition) is 1. The highest BCUT2D eigenvalue weighted by Gasteiger charge is 2.27. The fourth-order valence-corrected chi connectivity index (χ4v) is 4.17. The molecule has 1 fully saturated rings. The number of rotatable bonds is 4. The molecule has 0 radical (unpaired) electrons. The molecule has 6 heteroatoms. The highest BCUT2D eigenvalue weighted by Crippen LogP contribution is 2.24. The first-order valence-corrected chi connectivity index (χ1v) is 8.70. The van der Waals surface area contributed by atoms with Gasteiger partial charge >= 0.3 is 0 Å². The molecule has 0 spiro atoms. The van der Waals surface area contributed by atoms with Gasteiger partial charge in [-0.3, -0.25) is 0 Å². The van der Waals surface area contributed by atoms with Crippen LogP contribution in [0.4, 0.5) is 5.82 Å². The molecule has 0 unspecified atom stereocenters. The first-order valence-electron chi connectivity index (χ1n) is 7.26. The lowest BCUT2D eigenvalue weighted by atomic mass is 10.2. The third-order valence-electron chi connectivity index (χ3n) is 3.72. The van der Waals surface area contributed by atoms with E-state index in [2.05, 4.69) is 10.3 Å². The van der Waals surface area contributed by atoms with Crippen molar-refractivity contribution in [2.45, 2.75) is 24.7 Å². The van der Waals surface area contributed by atoms with Crippen molar-refractivity contribution in [1.82, 2.24) is 9.29 Å². The van der Waals surface area contributed by atoms with Gasteiger partial charge in [0.05, 0.1) is 10.4 Å². The van der Waals surface area contributed by atoms with Crippen molar-refractivity contribution in [3.8, 4) is 0 Å². The van der Waals surface area contributed by atoms with E-state index >= 15 is 0 Å². The molecule has 0 saturated carbocycles. The van der Waals surface area contributed by atoms with Crippen molar-refractivity contribution in [2.75, 3.05) is 25.0 Å². The van der Waals surface area contributed by atoms with Crippen LogP contribution in [0.3, 0.4) is 0 Å². The van der Waals surface area contributed by atoms with Crippen LogP contribution in [0.1, 0.15) is 19.8 Å². The molecule has 112 valence electrons. The summed E-state index contributed by atoms with van der Waals surface area (Å²) in [5.41, 5.74) is 0.800. The van der Waals surface area contributed by atoms with Gasteiger partial charge in [-0.2, -0.15) is 4.31 Å².